The predicted octanol–water partition coefficient (Wildman–Crippen LogP) is 3.13. The number of benzene rings is 1. The van der Waals surface area contributed by atoms with Crippen LogP contribution in [0.1, 0.15) is 32.9 Å². The van der Waals surface area contributed by atoms with E-state index in [1.165, 1.54) is 6.07 Å². The van der Waals surface area contributed by atoms with Crippen LogP contribution in [0.5, 0.6) is 0 Å². The lowest BCUT2D eigenvalue weighted by molar-refractivity contribution is 0.0729. The molecular weight excluding hydrogens is 337 g/mol. The van der Waals surface area contributed by atoms with Crippen LogP contribution in [0.4, 0.5) is 4.39 Å². The molecule has 1 aromatic carbocycles. The van der Waals surface area contributed by atoms with Crippen LogP contribution in [0, 0.1) is 19.7 Å². The van der Waals surface area contributed by atoms with E-state index in [1.807, 2.05) is 6.92 Å². The van der Waals surface area contributed by atoms with Gasteiger partial charge in [-0.3, -0.25) is 9.89 Å². The van der Waals surface area contributed by atoms with Gasteiger partial charge in [0.2, 0.25) is 0 Å². The average Bonchev–Trinajstić information content (AvgIpc) is 2.85. The number of rotatable bonds is 1. The highest BCUT2D eigenvalue weighted by Crippen LogP contribution is 2.25. The van der Waals surface area contributed by atoms with Crippen molar-refractivity contribution < 1.29 is 9.18 Å². The fourth-order valence-corrected chi connectivity index (χ4v) is 2.91. The van der Waals surface area contributed by atoms with Crippen LogP contribution in [-0.4, -0.2) is 27.5 Å². The van der Waals surface area contributed by atoms with Gasteiger partial charge in [0.05, 0.1) is 11.3 Å². The van der Waals surface area contributed by atoms with Gasteiger partial charge in [-0.05, 0) is 31.5 Å². The van der Waals surface area contributed by atoms with E-state index >= 15 is 0 Å². The summed E-state index contributed by atoms with van der Waals surface area (Å²) in [7, 11) is 0. The van der Waals surface area contributed by atoms with Crippen LogP contribution in [0.15, 0.2) is 16.6 Å². The van der Waals surface area contributed by atoms with Crippen LogP contribution in [0.2, 0.25) is 0 Å². The largest absolute Gasteiger partial charge is 0.334 e. The molecule has 1 aliphatic rings. The molecule has 1 aromatic heterocycles. The van der Waals surface area contributed by atoms with Crippen LogP contribution < -0.4 is 0 Å². The summed E-state index contributed by atoms with van der Waals surface area (Å²) in [6.45, 7) is 4.63. The number of carbonyl (C=O) groups excluding carboxylic acids is 1. The second-order valence-electron chi connectivity index (χ2n) is 5.28. The number of fused-ring (bicyclic) bond motifs is 1. The lowest BCUT2D eigenvalue weighted by Crippen LogP contribution is -2.36. The molecule has 0 atom stereocenters. The van der Waals surface area contributed by atoms with Crippen LogP contribution >= 0.6 is 15.9 Å². The van der Waals surface area contributed by atoms with Crippen molar-refractivity contribution in [2.24, 2.45) is 0 Å². The number of aromatic amines is 1. The van der Waals surface area contributed by atoms with Gasteiger partial charge in [0.1, 0.15) is 5.82 Å². The van der Waals surface area contributed by atoms with Crippen LogP contribution in [0.3, 0.4) is 0 Å². The number of nitrogens with one attached hydrogen (secondary N) is 1. The van der Waals surface area contributed by atoms with Gasteiger partial charge in [-0.15, -0.1) is 0 Å². The van der Waals surface area contributed by atoms with Gasteiger partial charge < -0.3 is 4.90 Å². The number of hydrogen-bond donors (Lipinski definition) is 1. The number of amides is 1. The van der Waals surface area contributed by atoms with Crippen LogP contribution in [-0.2, 0) is 13.0 Å². The summed E-state index contributed by atoms with van der Waals surface area (Å²) in [4.78, 5) is 14.2. The Morgan fingerprint density at radius 2 is 2.19 bits per heavy atom. The van der Waals surface area contributed by atoms with E-state index < -0.39 is 5.82 Å². The van der Waals surface area contributed by atoms with E-state index in [9.17, 15) is 9.18 Å². The minimum absolute atomic E-state index is 0.125. The third kappa shape index (κ3) is 2.37. The minimum atomic E-state index is -0.455. The zero-order chi connectivity index (χ0) is 15.1. The van der Waals surface area contributed by atoms with E-state index in [1.54, 1.807) is 17.9 Å². The standard InChI is InChI=1S/C15H15BrFN3O/c1-8-12(16)4-3-10(14(8)17)15(21)20-6-5-13-11(7-20)9(2)18-19-13/h3-4H,5-7H2,1-2H3,(H,18,19). The highest BCUT2D eigenvalue weighted by atomic mass is 79.9. The van der Waals surface area contributed by atoms with E-state index in [-0.39, 0.29) is 11.5 Å². The summed E-state index contributed by atoms with van der Waals surface area (Å²) >= 11 is 3.27. The van der Waals surface area contributed by atoms with Crippen molar-refractivity contribution in [3.63, 3.8) is 0 Å². The second kappa shape index (κ2) is 5.26. The Labute approximate surface area is 130 Å². The fourth-order valence-electron chi connectivity index (χ4n) is 2.60. The molecule has 1 N–H and O–H groups in total. The van der Waals surface area contributed by atoms with Gasteiger partial charge in [0, 0.05) is 35.2 Å². The summed E-state index contributed by atoms with van der Waals surface area (Å²) in [5.74, 6) is -0.724. The van der Waals surface area contributed by atoms with Crippen molar-refractivity contribution in [3.05, 3.63) is 50.5 Å². The maximum Gasteiger partial charge on any atom is 0.257 e. The highest BCUT2D eigenvalue weighted by Gasteiger charge is 2.27. The summed E-state index contributed by atoms with van der Waals surface area (Å²) in [5.41, 5.74) is 3.60. The number of aromatic nitrogens is 2. The molecule has 1 amide bonds. The zero-order valence-corrected chi connectivity index (χ0v) is 13.4. The van der Waals surface area contributed by atoms with Gasteiger partial charge in [-0.2, -0.15) is 5.10 Å². The molecule has 0 radical (unpaired) electrons. The number of nitrogens with zero attached hydrogens (tertiary/aromatic N) is 2. The summed E-state index contributed by atoms with van der Waals surface area (Å²) in [6.07, 6.45) is 0.697. The lowest BCUT2D eigenvalue weighted by atomic mass is 10.0. The third-order valence-corrected chi connectivity index (χ3v) is 4.82. The first-order chi connectivity index (χ1) is 9.99. The smallest absolute Gasteiger partial charge is 0.257 e. The Hall–Kier alpha value is -1.69. The number of H-pyrrole nitrogens is 1. The Morgan fingerprint density at radius 1 is 1.43 bits per heavy atom. The molecule has 21 heavy (non-hydrogen) atoms. The molecule has 0 bridgehead atoms. The molecule has 0 saturated heterocycles. The molecule has 1 aliphatic heterocycles. The molecule has 110 valence electrons. The molecular formula is C15H15BrFN3O. The van der Waals surface area contributed by atoms with Crippen molar-refractivity contribution in [2.45, 2.75) is 26.8 Å². The Balaban J connectivity index is 1.91. The quantitative estimate of drug-likeness (QED) is 0.857. The normalized spacial score (nSPS) is 14.2. The first-order valence-corrected chi connectivity index (χ1v) is 7.55. The minimum Gasteiger partial charge on any atom is -0.334 e. The maximum absolute atomic E-state index is 14.3. The van der Waals surface area contributed by atoms with Gasteiger partial charge in [0.15, 0.2) is 0 Å². The summed E-state index contributed by atoms with van der Waals surface area (Å²) in [6, 6.07) is 3.25. The van der Waals surface area contributed by atoms with Gasteiger partial charge in [0.25, 0.3) is 5.91 Å². The molecule has 0 spiro atoms. The van der Waals surface area contributed by atoms with Gasteiger partial charge in [-0.1, -0.05) is 15.9 Å². The number of halogens is 2. The lowest BCUT2D eigenvalue weighted by Gasteiger charge is -2.27. The number of hydrogen-bond acceptors (Lipinski definition) is 2. The second-order valence-corrected chi connectivity index (χ2v) is 6.14. The van der Waals surface area contributed by atoms with Crippen molar-refractivity contribution in [2.75, 3.05) is 6.54 Å². The molecule has 0 aliphatic carbocycles. The van der Waals surface area contributed by atoms with Crippen molar-refractivity contribution in [3.8, 4) is 0 Å². The zero-order valence-electron chi connectivity index (χ0n) is 11.8. The topological polar surface area (TPSA) is 49.0 Å². The van der Waals surface area contributed by atoms with Gasteiger partial charge in [-0.25, -0.2) is 4.39 Å². The van der Waals surface area contributed by atoms with E-state index in [2.05, 4.69) is 26.1 Å². The monoisotopic (exact) mass is 351 g/mol. The molecule has 0 fully saturated rings. The molecule has 2 aromatic rings. The summed E-state index contributed by atoms with van der Waals surface area (Å²) in [5, 5.41) is 7.16. The van der Waals surface area contributed by atoms with Crippen molar-refractivity contribution in [1.82, 2.24) is 15.1 Å². The molecule has 3 rings (SSSR count). The predicted molar refractivity (Wildman–Crippen MR) is 80.6 cm³/mol. The van der Waals surface area contributed by atoms with Crippen molar-refractivity contribution in [1.29, 1.82) is 0 Å². The first-order valence-electron chi connectivity index (χ1n) is 6.75. The summed E-state index contributed by atoms with van der Waals surface area (Å²) < 4.78 is 15.0. The Bertz CT molecular complexity index is 726. The number of carbonyl (C=O) groups is 1. The van der Waals surface area contributed by atoms with E-state index in [0.29, 0.717) is 29.5 Å². The average molecular weight is 352 g/mol. The molecule has 6 heteroatoms. The highest BCUT2D eigenvalue weighted by molar-refractivity contribution is 9.10. The maximum atomic E-state index is 14.3. The molecule has 0 unspecified atom stereocenters. The van der Waals surface area contributed by atoms with Crippen LogP contribution in [0.25, 0.3) is 0 Å². The molecule has 4 nitrogen and oxygen atoms in total. The molecule has 2 heterocycles. The Morgan fingerprint density at radius 3 is 2.95 bits per heavy atom. The Kier molecular flexibility index (Phi) is 3.57. The van der Waals surface area contributed by atoms with Crippen molar-refractivity contribution >= 4 is 21.8 Å². The first kappa shape index (κ1) is 14.3. The van der Waals surface area contributed by atoms with E-state index in [0.717, 1.165) is 17.0 Å². The SMILES string of the molecule is Cc1[nH]nc2c1CN(C(=O)c1ccc(Br)c(C)c1F)CC2. The fraction of sp³-hybridized carbons (Fsp3) is 0.333. The van der Waals surface area contributed by atoms with Gasteiger partial charge >= 0.3 is 0 Å². The number of aryl methyl sites for hydroxylation is 1. The third-order valence-electron chi connectivity index (χ3n) is 3.96. The van der Waals surface area contributed by atoms with E-state index in [4.69, 9.17) is 0 Å². The molecule has 0 saturated carbocycles.